The first-order valence-electron chi connectivity index (χ1n) is 9.69. The van der Waals surface area contributed by atoms with Gasteiger partial charge in [-0.3, -0.25) is 9.36 Å². The van der Waals surface area contributed by atoms with Crippen molar-refractivity contribution in [2.75, 3.05) is 6.61 Å². The highest BCUT2D eigenvalue weighted by Gasteiger charge is 2.17. The Labute approximate surface area is 177 Å². The number of amides is 1. The van der Waals surface area contributed by atoms with E-state index in [2.05, 4.69) is 5.32 Å². The number of rotatable bonds is 7. The third-order valence-electron chi connectivity index (χ3n) is 4.82. The number of halogens is 1. The molecule has 4 rings (SSSR count). The summed E-state index contributed by atoms with van der Waals surface area (Å²) in [6, 6.07) is 12.2. The van der Waals surface area contributed by atoms with Crippen molar-refractivity contribution in [3.8, 4) is 5.75 Å². The SMILES string of the molecule is CCOc1cccc2cc(C(C)NC(=O)CCn3c(=O)oc4cc(Cl)ccc43)oc12. The van der Waals surface area contributed by atoms with Crippen LogP contribution in [-0.2, 0) is 11.3 Å². The number of carbonyl (C=O) groups excluding carboxylic acids is 1. The number of nitrogens with zero attached hydrogens (tertiary/aromatic N) is 1. The average Bonchev–Trinajstić information content (AvgIpc) is 3.27. The topological polar surface area (TPSA) is 86.6 Å². The van der Waals surface area contributed by atoms with Gasteiger partial charge < -0.3 is 18.9 Å². The van der Waals surface area contributed by atoms with Gasteiger partial charge >= 0.3 is 5.76 Å². The Hall–Kier alpha value is -3.19. The largest absolute Gasteiger partial charge is 0.490 e. The number of carbonyl (C=O) groups is 1. The predicted octanol–water partition coefficient (Wildman–Crippen LogP) is 4.66. The highest BCUT2D eigenvalue weighted by Crippen LogP contribution is 2.31. The number of oxazole rings is 1. The molecule has 2 heterocycles. The van der Waals surface area contributed by atoms with Gasteiger partial charge in [0.2, 0.25) is 5.91 Å². The van der Waals surface area contributed by atoms with E-state index in [1.54, 1.807) is 18.2 Å². The Morgan fingerprint density at radius 2 is 2.07 bits per heavy atom. The summed E-state index contributed by atoms with van der Waals surface area (Å²) in [6.07, 6.45) is 0.117. The van der Waals surface area contributed by atoms with Crippen LogP contribution in [0, 0.1) is 0 Å². The lowest BCUT2D eigenvalue weighted by molar-refractivity contribution is -0.122. The Morgan fingerprint density at radius 1 is 1.23 bits per heavy atom. The minimum absolute atomic E-state index is 0.117. The third-order valence-corrected chi connectivity index (χ3v) is 5.06. The first-order chi connectivity index (χ1) is 14.5. The van der Waals surface area contributed by atoms with Crippen LogP contribution in [-0.4, -0.2) is 17.1 Å². The summed E-state index contributed by atoms with van der Waals surface area (Å²) in [7, 11) is 0. The van der Waals surface area contributed by atoms with E-state index < -0.39 is 5.76 Å². The number of hydrogen-bond donors (Lipinski definition) is 1. The molecule has 1 atom stereocenters. The fourth-order valence-electron chi connectivity index (χ4n) is 3.39. The molecule has 2 aromatic heterocycles. The highest BCUT2D eigenvalue weighted by molar-refractivity contribution is 6.31. The van der Waals surface area contributed by atoms with Crippen LogP contribution in [0.3, 0.4) is 0 Å². The molecule has 1 amide bonds. The molecule has 0 aliphatic heterocycles. The zero-order chi connectivity index (χ0) is 21.3. The summed E-state index contributed by atoms with van der Waals surface area (Å²) >= 11 is 5.93. The number of nitrogens with one attached hydrogen (secondary N) is 1. The first-order valence-corrected chi connectivity index (χ1v) is 10.1. The molecular weight excluding hydrogens is 408 g/mol. The molecule has 156 valence electrons. The Bertz CT molecular complexity index is 1270. The van der Waals surface area contributed by atoms with Crippen molar-refractivity contribution in [2.45, 2.75) is 32.9 Å². The molecule has 4 aromatic rings. The molecule has 0 bridgehead atoms. The molecule has 0 fully saturated rings. The summed E-state index contributed by atoms with van der Waals surface area (Å²) in [5, 5.41) is 4.30. The van der Waals surface area contributed by atoms with E-state index in [-0.39, 0.29) is 24.9 Å². The second kappa shape index (κ2) is 8.28. The van der Waals surface area contributed by atoms with Gasteiger partial charge in [0.05, 0.1) is 18.2 Å². The molecule has 0 aliphatic rings. The maximum Gasteiger partial charge on any atom is 0.419 e. The smallest absolute Gasteiger partial charge is 0.419 e. The van der Waals surface area contributed by atoms with Gasteiger partial charge in [0, 0.05) is 29.4 Å². The van der Waals surface area contributed by atoms with Gasteiger partial charge in [0.25, 0.3) is 0 Å². The Balaban J connectivity index is 1.44. The molecule has 8 heteroatoms. The molecule has 0 spiro atoms. The Morgan fingerprint density at radius 3 is 2.87 bits per heavy atom. The van der Waals surface area contributed by atoms with Gasteiger partial charge in [-0.15, -0.1) is 0 Å². The van der Waals surface area contributed by atoms with Crippen molar-refractivity contribution < 1.29 is 18.4 Å². The van der Waals surface area contributed by atoms with Crippen LogP contribution in [0.25, 0.3) is 22.1 Å². The van der Waals surface area contributed by atoms with Crippen molar-refractivity contribution in [3.63, 3.8) is 0 Å². The van der Waals surface area contributed by atoms with E-state index in [0.717, 1.165) is 5.39 Å². The third kappa shape index (κ3) is 3.93. The minimum Gasteiger partial charge on any atom is -0.490 e. The van der Waals surface area contributed by atoms with Crippen molar-refractivity contribution in [1.29, 1.82) is 0 Å². The van der Waals surface area contributed by atoms with Gasteiger partial charge in [-0.1, -0.05) is 23.7 Å². The lowest BCUT2D eigenvalue weighted by Crippen LogP contribution is -2.28. The van der Waals surface area contributed by atoms with Crippen molar-refractivity contribution in [3.05, 3.63) is 63.8 Å². The monoisotopic (exact) mass is 428 g/mol. The summed E-state index contributed by atoms with van der Waals surface area (Å²) < 4.78 is 18.1. The van der Waals surface area contributed by atoms with Crippen molar-refractivity contribution >= 4 is 39.6 Å². The van der Waals surface area contributed by atoms with Crippen LogP contribution in [0.2, 0.25) is 5.02 Å². The van der Waals surface area contributed by atoms with E-state index in [1.165, 1.54) is 4.57 Å². The second-order valence-corrected chi connectivity index (χ2v) is 7.36. The highest BCUT2D eigenvalue weighted by atomic mass is 35.5. The summed E-state index contributed by atoms with van der Waals surface area (Å²) in [5.74, 6) is 0.578. The zero-order valence-corrected chi connectivity index (χ0v) is 17.4. The second-order valence-electron chi connectivity index (χ2n) is 6.93. The first kappa shape index (κ1) is 20.1. The number of fused-ring (bicyclic) bond motifs is 2. The van der Waals surface area contributed by atoms with Gasteiger partial charge in [0.1, 0.15) is 5.76 Å². The lowest BCUT2D eigenvalue weighted by atomic mass is 10.2. The Kier molecular flexibility index (Phi) is 5.55. The van der Waals surface area contributed by atoms with E-state index in [9.17, 15) is 9.59 Å². The fourth-order valence-corrected chi connectivity index (χ4v) is 3.55. The van der Waals surface area contributed by atoms with Gasteiger partial charge in [-0.25, -0.2) is 4.79 Å². The van der Waals surface area contributed by atoms with Gasteiger partial charge in [0.15, 0.2) is 16.9 Å². The molecule has 1 N–H and O–H groups in total. The molecule has 0 saturated carbocycles. The van der Waals surface area contributed by atoms with Crippen LogP contribution < -0.4 is 15.8 Å². The molecule has 2 aromatic carbocycles. The normalized spacial score (nSPS) is 12.4. The maximum atomic E-state index is 12.5. The number of hydrogen-bond acceptors (Lipinski definition) is 5. The van der Waals surface area contributed by atoms with Crippen LogP contribution in [0.1, 0.15) is 32.1 Å². The van der Waals surface area contributed by atoms with E-state index >= 15 is 0 Å². The van der Waals surface area contributed by atoms with E-state index in [1.807, 2.05) is 38.1 Å². The van der Waals surface area contributed by atoms with E-state index in [4.69, 9.17) is 25.2 Å². The average molecular weight is 429 g/mol. The number of aryl methyl sites for hydroxylation is 1. The number of aromatic nitrogens is 1. The lowest BCUT2D eigenvalue weighted by Gasteiger charge is -2.11. The summed E-state index contributed by atoms with van der Waals surface area (Å²) in [5.41, 5.74) is 1.66. The molecule has 0 saturated heterocycles. The summed E-state index contributed by atoms with van der Waals surface area (Å²) in [4.78, 5) is 24.5. The molecule has 30 heavy (non-hydrogen) atoms. The predicted molar refractivity (Wildman–Crippen MR) is 114 cm³/mol. The van der Waals surface area contributed by atoms with Crippen LogP contribution in [0.5, 0.6) is 5.75 Å². The van der Waals surface area contributed by atoms with Crippen LogP contribution >= 0.6 is 11.6 Å². The molecule has 0 radical (unpaired) electrons. The van der Waals surface area contributed by atoms with E-state index in [0.29, 0.717) is 39.8 Å². The molecule has 7 nitrogen and oxygen atoms in total. The quantitative estimate of drug-likeness (QED) is 0.462. The standard InChI is InChI=1S/C22H21ClN2O5/c1-3-28-17-6-4-5-14-11-18(29-21(14)17)13(2)24-20(26)9-10-25-16-8-7-15(23)12-19(16)30-22(25)27/h4-8,11-13H,3,9-10H2,1-2H3,(H,24,26). The molecular formula is C22H21ClN2O5. The fraction of sp³-hybridized carbons (Fsp3) is 0.273. The van der Waals surface area contributed by atoms with Gasteiger partial charge in [-0.2, -0.15) is 0 Å². The maximum absolute atomic E-state index is 12.5. The molecule has 1 unspecified atom stereocenters. The molecule has 0 aliphatic carbocycles. The number of furan rings is 1. The minimum atomic E-state index is -0.520. The number of benzene rings is 2. The van der Waals surface area contributed by atoms with Crippen molar-refractivity contribution in [1.82, 2.24) is 9.88 Å². The van der Waals surface area contributed by atoms with Crippen LogP contribution in [0.4, 0.5) is 0 Å². The van der Waals surface area contributed by atoms with Crippen LogP contribution in [0.15, 0.2) is 56.1 Å². The van der Waals surface area contributed by atoms with Gasteiger partial charge in [-0.05, 0) is 38.1 Å². The number of para-hydroxylation sites is 1. The summed E-state index contributed by atoms with van der Waals surface area (Å²) in [6.45, 7) is 4.49. The zero-order valence-electron chi connectivity index (χ0n) is 16.6. The van der Waals surface area contributed by atoms with Crippen molar-refractivity contribution in [2.24, 2.45) is 0 Å². The number of ether oxygens (including phenoxy) is 1.